The van der Waals surface area contributed by atoms with E-state index in [-0.39, 0.29) is 17.4 Å². The summed E-state index contributed by atoms with van der Waals surface area (Å²) in [6.07, 6.45) is 0. The minimum atomic E-state index is -0.181. The molecule has 0 fully saturated rings. The van der Waals surface area contributed by atoms with E-state index in [4.69, 9.17) is 4.52 Å². The number of aromatic nitrogens is 1. The van der Waals surface area contributed by atoms with Crippen LogP contribution in [0.4, 0.5) is 0 Å². The molecule has 140 valence electrons. The first-order valence-electron chi connectivity index (χ1n) is 9.20. The zero-order valence-corrected chi connectivity index (χ0v) is 16.5. The lowest BCUT2D eigenvalue weighted by Crippen LogP contribution is -2.27. The number of nitrogens with zero attached hydrogens (tertiary/aromatic N) is 1. The minimum Gasteiger partial charge on any atom is -0.355 e. The zero-order valence-electron chi connectivity index (χ0n) is 16.5. The van der Waals surface area contributed by atoms with Crippen molar-refractivity contribution in [3.05, 3.63) is 77.0 Å². The molecule has 0 aliphatic rings. The smallest absolute Gasteiger partial charge is 0.257 e. The highest BCUT2D eigenvalue weighted by Gasteiger charge is 2.23. The van der Waals surface area contributed by atoms with Crippen LogP contribution in [-0.2, 0) is 5.41 Å². The molecule has 4 nitrogen and oxygen atoms in total. The monoisotopic (exact) mass is 362 g/mol. The summed E-state index contributed by atoms with van der Waals surface area (Å²) in [5.41, 5.74) is 4.27. The molecule has 0 saturated carbocycles. The van der Waals surface area contributed by atoms with E-state index in [1.165, 1.54) is 5.56 Å². The van der Waals surface area contributed by atoms with Crippen LogP contribution >= 0.6 is 0 Å². The Morgan fingerprint density at radius 3 is 2.26 bits per heavy atom. The molecule has 1 aromatic heterocycles. The Morgan fingerprint density at radius 1 is 1.04 bits per heavy atom. The average Bonchev–Trinajstić information content (AvgIpc) is 3.03. The van der Waals surface area contributed by atoms with Gasteiger partial charge in [0.05, 0.1) is 11.7 Å². The number of hydrogen-bond acceptors (Lipinski definition) is 3. The summed E-state index contributed by atoms with van der Waals surface area (Å²) in [6.45, 7) is 10.3. The standard InChI is InChI=1S/C23H26N2O2/c1-15(17-9-7-6-8-10-17)24-22(26)20-16(2)25-27-21(20)18-11-13-19(14-12-18)23(3,4)5/h6-15H,1-5H3,(H,24,26)/t15-/m1/s1. The van der Waals surface area contributed by atoms with Crippen molar-refractivity contribution in [2.45, 2.75) is 46.1 Å². The van der Waals surface area contributed by atoms with Gasteiger partial charge in [-0.15, -0.1) is 0 Å². The van der Waals surface area contributed by atoms with Crippen molar-refractivity contribution in [1.29, 1.82) is 0 Å². The number of carbonyl (C=O) groups is 1. The van der Waals surface area contributed by atoms with Gasteiger partial charge in [0.2, 0.25) is 0 Å². The summed E-state index contributed by atoms with van der Waals surface area (Å²) >= 11 is 0. The van der Waals surface area contributed by atoms with Gasteiger partial charge in [0.25, 0.3) is 5.91 Å². The van der Waals surface area contributed by atoms with Gasteiger partial charge < -0.3 is 9.84 Å². The fourth-order valence-electron chi connectivity index (χ4n) is 3.05. The van der Waals surface area contributed by atoms with Crippen LogP contribution in [0, 0.1) is 6.92 Å². The Labute approximate surface area is 160 Å². The molecule has 0 saturated heterocycles. The molecule has 2 aromatic carbocycles. The Balaban J connectivity index is 1.87. The van der Waals surface area contributed by atoms with Gasteiger partial charge in [-0.05, 0) is 30.4 Å². The first kappa shape index (κ1) is 18.9. The molecule has 0 bridgehead atoms. The summed E-state index contributed by atoms with van der Waals surface area (Å²) in [6, 6.07) is 17.9. The molecule has 0 aliphatic heterocycles. The molecule has 0 aliphatic carbocycles. The normalized spacial score (nSPS) is 12.6. The van der Waals surface area contributed by atoms with Gasteiger partial charge in [-0.2, -0.15) is 0 Å². The van der Waals surface area contributed by atoms with E-state index in [2.05, 4.69) is 43.4 Å². The number of aryl methyl sites for hydroxylation is 1. The third-order valence-corrected chi connectivity index (χ3v) is 4.75. The van der Waals surface area contributed by atoms with Gasteiger partial charge in [0.1, 0.15) is 5.56 Å². The van der Waals surface area contributed by atoms with E-state index < -0.39 is 0 Å². The second-order valence-corrected chi connectivity index (χ2v) is 7.91. The Hall–Kier alpha value is -2.88. The third-order valence-electron chi connectivity index (χ3n) is 4.75. The molecule has 0 radical (unpaired) electrons. The van der Waals surface area contributed by atoms with E-state index in [9.17, 15) is 4.79 Å². The Morgan fingerprint density at radius 2 is 1.67 bits per heavy atom. The Bertz CT molecular complexity index is 919. The maximum atomic E-state index is 12.9. The SMILES string of the molecule is Cc1noc(-c2ccc(C(C)(C)C)cc2)c1C(=O)N[C@H](C)c1ccccc1. The molecule has 3 aromatic rings. The van der Waals surface area contributed by atoms with Crippen molar-refractivity contribution in [2.24, 2.45) is 0 Å². The second kappa shape index (κ2) is 7.39. The lowest BCUT2D eigenvalue weighted by atomic mass is 9.86. The van der Waals surface area contributed by atoms with Crippen molar-refractivity contribution in [3.8, 4) is 11.3 Å². The maximum absolute atomic E-state index is 12.9. The van der Waals surface area contributed by atoms with Crippen molar-refractivity contribution in [3.63, 3.8) is 0 Å². The van der Waals surface area contributed by atoms with E-state index >= 15 is 0 Å². The molecule has 4 heteroatoms. The molecule has 1 amide bonds. The van der Waals surface area contributed by atoms with Gasteiger partial charge >= 0.3 is 0 Å². The quantitative estimate of drug-likeness (QED) is 0.672. The topological polar surface area (TPSA) is 55.1 Å². The largest absolute Gasteiger partial charge is 0.355 e. The van der Waals surface area contributed by atoms with Gasteiger partial charge in [0.15, 0.2) is 5.76 Å². The van der Waals surface area contributed by atoms with Crippen molar-refractivity contribution >= 4 is 5.91 Å². The summed E-state index contributed by atoms with van der Waals surface area (Å²) in [5.74, 6) is 0.325. The number of amides is 1. The van der Waals surface area contributed by atoms with Crippen LogP contribution in [0.3, 0.4) is 0 Å². The van der Waals surface area contributed by atoms with E-state index in [0.29, 0.717) is 17.0 Å². The highest BCUT2D eigenvalue weighted by molar-refractivity contribution is 6.00. The van der Waals surface area contributed by atoms with Crippen LogP contribution in [0.5, 0.6) is 0 Å². The number of nitrogens with one attached hydrogen (secondary N) is 1. The van der Waals surface area contributed by atoms with E-state index in [0.717, 1.165) is 11.1 Å². The molecule has 1 atom stereocenters. The fourth-order valence-corrected chi connectivity index (χ4v) is 3.05. The molecule has 0 spiro atoms. The van der Waals surface area contributed by atoms with Gasteiger partial charge in [-0.3, -0.25) is 4.79 Å². The summed E-state index contributed by atoms with van der Waals surface area (Å²) in [5, 5.41) is 7.08. The van der Waals surface area contributed by atoms with Crippen molar-refractivity contribution in [2.75, 3.05) is 0 Å². The maximum Gasteiger partial charge on any atom is 0.257 e. The predicted octanol–water partition coefficient (Wildman–Crippen LogP) is 5.44. The molecule has 1 N–H and O–H groups in total. The molecular formula is C23H26N2O2. The molecule has 27 heavy (non-hydrogen) atoms. The molecule has 3 rings (SSSR count). The first-order valence-corrected chi connectivity index (χ1v) is 9.20. The third kappa shape index (κ3) is 4.11. The molecule has 0 unspecified atom stereocenters. The van der Waals surface area contributed by atoms with Crippen LogP contribution in [0.25, 0.3) is 11.3 Å². The summed E-state index contributed by atoms with van der Waals surface area (Å²) < 4.78 is 5.50. The van der Waals surface area contributed by atoms with E-state index in [1.54, 1.807) is 6.92 Å². The average molecular weight is 362 g/mol. The lowest BCUT2D eigenvalue weighted by molar-refractivity contribution is 0.0939. The number of benzene rings is 2. The molecule has 1 heterocycles. The van der Waals surface area contributed by atoms with Crippen molar-refractivity contribution < 1.29 is 9.32 Å². The highest BCUT2D eigenvalue weighted by atomic mass is 16.5. The lowest BCUT2D eigenvalue weighted by Gasteiger charge is -2.19. The second-order valence-electron chi connectivity index (χ2n) is 7.91. The van der Waals surface area contributed by atoms with Gasteiger partial charge in [-0.25, -0.2) is 0 Å². The van der Waals surface area contributed by atoms with Crippen LogP contribution in [0.2, 0.25) is 0 Å². The predicted molar refractivity (Wildman–Crippen MR) is 108 cm³/mol. The van der Waals surface area contributed by atoms with E-state index in [1.807, 2.05) is 49.4 Å². The zero-order chi connectivity index (χ0) is 19.6. The first-order chi connectivity index (χ1) is 12.8. The van der Waals surface area contributed by atoms with Gasteiger partial charge in [0, 0.05) is 5.56 Å². The minimum absolute atomic E-state index is 0.0706. The van der Waals surface area contributed by atoms with Crippen LogP contribution in [-0.4, -0.2) is 11.1 Å². The number of hydrogen-bond donors (Lipinski definition) is 1. The number of carbonyl (C=O) groups excluding carboxylic acids is 1. The molecular weight excluding hydrogens is 336 g/mol. The number of rotatable bonds is 4. The van der Waals surface area contributed by atoms with Gasteiger partial charge in [-0.1, -0.05) is 80.5 Å². The summed E-state index contributed by atoms with van der Waals surface area (Å²) in [7, 11) is 0. The van der Waals surface area contributed by atoms with Crippen LogP contribution < -0.4 is 5.32 Å². The Kier molecular flexibility index (Phi) is 5.17. The fraction of sp³-hybridized carbons (Fsp3) is 0.304. The van der Waals surface area contributed by atoms with Crippen LogP contribution in [0.1, 0.15) is 60.9 Å². The van der Waals surface area contributed by atoms with Crippen molar-refractivity contribution in [1.82, 2.24) is 10.5 Å². The van der Waals surface area contributed by atoms with Crippen LogP contribution in [0.15, 0.2) is 59.1 Å². The summed E-state index contributed by atoms with van der Waals surface area (Å²) in [4.78, 5) is 12.9. The highest BCUT2D eigenvalue weighted by Crippen LogP contribution is 2.30.